The summed E-state index contributed by atoms with van der Waals surface area (Å²) in [6, 6.07) is 16.3. The van der Waals surface area contributed by atoms with Crippen LogP contribution in [0.25, 0.3) is 10.8 Å². The molecule has 0 saturated heterocycles. The molecule has 3 aromatic carbocycles. The third-order valence-corrected chi connectivity index (χ3v) is 7.09. The van der Waals surface area contributed by atoms with E-state index >= 15 is 0 Å². The van der Waals surface area contributed by atoms with Gasteiger partial charge in [0.05, 0.1) is 18.4 Å². The zero-order chi connectivity index (χ0) is 38.6. The van der Waals surface area contributed by atoms with Crippen molar-refractivity contribution < 1.29 is 43.0 Å². The third kappa shape index (κ3) is 13.2. The SMILES string of the molecule is COC(=O)[C@H](CCCCN=C(NC(=O)OC(C)(C)C)NC(=O)OC(C)(C)C)NC(=O)C(=O)c1cc(C)ccc1NC(=O)c1ccc2ccccc2c1. The molecular weight excluding hydrogens is 670 g/mol. The number of alkyl carbamates (subject to hydrolysis) is 2. The summed E-state index contributed by atoms with van der Waals surface area (Å²) < 4.78 is 15.3. The smallest absolute Gasteiger partial charge is 0.414 e. The first-order valence-corrected chi connectivity index (χ1v) is 16.7. The molecule has 0 aromatic heterocycles. The summed E-state index contributed by atoms with van der Waals surface area (Å²) in [7, 11) is 1.16. The molecular formula is C38H47N5O9. The largest absolute Gasteiger partial charge is 0.467 e. The van der Waals surface area contributed by atoms with Crippen LogP contribution in [0.2, 0.25) is 0 Å². The fraction of sp³-hybridized carbons (Fsp3) is 0.395. The van der Waals surface area contributed by atoms with E-state index in [0.29, 0.717) is 24.0 Å². The molecule has 0 heterocycles. The van der Waals surface area contributed by atoms with Gasteiger partial charge in [-0.2, -0.15) is 0 Å². The predicted molar refractivity (Wildman–Crippen MR) is 196 cm³/mol. The number of amides is 4. The summed E-state index contributed by atoms with van der Waals surface area (Å²) >= 11 is 0. The van der Waals surface area contributed by atoms with Gasteiger partial charge in [0.25, 0.3) is 17.6 Å². The van der Waals surface area contributed by atoms with Crippen molar-refractivity contribution in [2.24, 2.45) is 4.99 Å². The Morgan fingerprint density at radius 1 is 0.769 bits per heavy atom. The number of carbonyl (C=O) groups is 6. The van der Waals surface area contributed by atoms with Gasteiger partial charge in [-0.15, -0.1) is 0 Å². The van der Waals surface area contributed by atoms with Crippen molar-refractivity contribution in [2.75, 3.05) is 19.0 Å². The Morgan fingerprint density at radius 3 is 1.98 bits per heavy atom. The number of ether oxygens (including phenoxy) is 3. The number of carbonyl (C=O) groups excluding carboxylic acids is 6. The Bertz CT molecular complexity index is 1810. The van der Waals surface area contributed by atoms with Crippen LogP contribution in [-0.4, -0.2) is 72.6 Å². The highest BCUT2D eigenvalue weighted by Crippen LogP contribution is 2.22. The Morgan fingerprint density at radius 2 is 1.38 bits per heavy atom. The summed E-state index contributed by atoms with van der Waals surface area (Å²) in [6.07, 6.45) is -0.942. The molecule has 14 nitrogen and oxygen atoms in total. The highest BCUT2D eigenvalue weighted by atomic mass is 16.6. The molecule has 0 unspecified atom stereocenters. The number of benzene rings is 3. The lowest BCUT2D eigenvalue weighted by Crippen LogP contribution is -2.47. The molecule has 14 heteroatoms. The van der Waals surface area contributed by atoms with Gasteiger partial charge in [-0.25, -0.2) is 14.4 Å². The highest BCUT2D eigenvalue weighted by Gasteiger charge is 2.28. The van der Waals surface area contributed by atoms with E-state index in [0.717, 1.165) is 17.9 Å². The zero-order valence-corrected chi connectivity index (χ0v) is 30.8. The number of nitrogens with one attached hydrogen (secondary N) is 4. The number of aryl methyl sites for hydroxylation is 1. The second kappa shape index (κ2) is 17.9. The molecule has 52 heavy (non-hydrogen) atoms. The van der Waals surface area contributed by atoms with Crippen molar-refractivity contribution in [1.82, 2.24) is 16.0 Å². The van der Waals surface area contributed by atoms with E-state index in [2.05, 4.69) is 26.3 Å². The van der Waals surface area contributed by atoms with Gasteiger partial charge < -0.3 is 24.8 Å². The number of hydrogen-bond donors (Lipinski definition) is 4. The van der Waals surface area contributed by atoms with E-state index in [1.807, 2.05) is 30.3 Å². The van der Waals surface area contributed by atoms with Crippen LogP contribution >= 0.6 is 0 Å². The Labute approximate surface area is 303 Å². The molecule has 0 aliphatic heterocycles. The molecule has 0 radical (unpaired) electrons. The summed E-state index contributed by atoms with van der Waals surface area (Å²) in [5, 5.41) is 11.8. The number of ketones is 1. The lowest BCUT2D eigenvalue weighted by Gasteiger charge is -2.22. The number of esters is 1. The Balaban J connectivity index is 1.67. The second-order valence-electron chi connectivity index (χ2n) is 13.9. The monoisotopic (exact) mass is 717 g/mol. The third-order valence-electron chi connectivity index (χ3n) is 7.09. The first-order valence-electron chi connectivity index (χ1n) is 16.7. The summed E-state index contributed by atoms with van der Waals surface area (Å²) in [4.78, 5) is 81.3. The number of nitrogens with zero attached hydrogens (tertiary/aromatic N) is 1. The fourth-order valence-corrected chi connectivity index (χ4v) is 4.78. The standard InChI is InChI=1S/C38H47N5O9/c1-23-16-19-28(40-31(45)26-18-17-24-13-9-10-14-25(24)22-26)27(21-23)30(44)32(46)41-29(33(47)50-8)15-11-12-20-39-34(42-35(48)51-37(2,3)4)43-36(49)52-38(5,6)7/h9-10,13-14,16-19,21-22,29H,11-12,15,20H2,1-8H3,(H,40,45)(H,41,46)(H2,39,42,43,48,49)/t29-/m0/s1. The molecule has 0 bridgehead atoms. The average molecular weight is 718 g/mol. The van der Waals surface area contributed by atoms with E-state index in [1.54, 1.807) is 66.7 Å². The molecule has 4 amide bonds. The van der Waals surface area contributed by atoms with Crippen LogP contribution in [0.1, 0.15) is 87.1 Å². The minimum Gasteiger partial charge on any atom is -0.467 e. The second-order valence-corrected chi connectivity index (χ2v) is 13.9. The minimum atomic E-state index is -1.18. The molecule has 0 aliphatic carbocycles. The maximum atomic E-state index is 13.4. The van der Waals surface area contributed by atoms with E-state index in [-0.39, 0.29) is 30.2 Å². The number of hydrogen-bond acceptors (Lipinski definition) is 10. The molecule has 4 N–H and O–H groups in total. The molecule has 0 aliphatic rings. The summed E-state index contributed by atoms with van der Waals surface area (Å²) in [5.74, 6) is -3.45. The number of methoxy groups -OCH3 is 1. The van der Waals surface area contributed by atoms with Gasteiger partial charge in [-0.05, 0) is 103 Å². The molecule has 3 aromatic rings. The van der Waals surface area contributed by atoms with E-state index < -0.39 is 53.0 Å². The van der Waals surface area contributed by atoms with Gasteiger partial charge in [-0.3, -0.25) is 30.0 Å². The van der Waals surface area contributed by atoms with Gasteiger partial charge >= 0.3 is 18.2 Å². The fourth-order valence-electron chi connectivity index (χ4n) is 4.78. The Kier molecular flexibility index (Phi) is 14.0. The van der Waals surface area contributed by atoms with Gasteiger partial charge in [0.2, 0.25) is 5.96 Å². The molecule has 0 fully saturated rings. The predicted octanol–water partition coefficient (Wildman–Crippen LogP) is 5.82. The molecule has 0 saturated carbocycles. The molecule has 3 rings (SSSR count). The number of anilines is 1. The molecule has 0 spiro atoms. The van der Waals surface area contributed by atoms with Gasteiger partial charge in [0.1, 0.15) is 17.2 Å². The maximum Gasteiger partial charge on any atom is 0.414 e. The number of rotatable bonds is 11. The average Bonchev–Trinajstić information content (AvgIpc) is 3.05. The van der Waals surface area contributed by atoms with E-state index in [1.165, 1.54) is 12.1 Å². The quantitative estimate of drug-likeness (QED) is 0.0360. The molecule has 1 atom stereocenters. The van der Waals surface area contributed by atoms with Crippen LogP contribution in [0.15, 0.2) is 65.7 Å². The van der Waals surface area contributed by atoms with Crippen LogP contribution in [-0.2, 0) is 23.8 Å². The van der Waals surface area contributed by atoms with Gasteiger partial charge in [0.15, 0.2) is 0 Å². The number of fused-ring (bicyclic) bond motifs is 1. The van der Waals surface area contributed by atoms with Crippen molar-refractivity contribution in [3.05, 3.63) is 77.4 Å². The first kappa shape index (κ1) is 40.6. The maximum absolute atomic E-state index is 13.4. The van der Waals surface area contributed by atoms with E-state index in [9.17, 15) is 28.8 Å². The van der Waals surface area contributed by atoms with Crippen LogP contribution in [0, 0.1) is 6.92 Å². The van der Waals surface area contributed by atoms with Crippen molar-refractivity contribution >= 4 is 58.2 Å². The normalized spacial score (nSPS) is 11.8. The molecule has 278 valence electrons. The minimum absolute atomic E-state index is 0.0490. The van der Waals surface area contributed by atoms with E-state index in [4.69, 9.17) is 14.2 Å². The lowest BCUT2D eigenvalue weighted by molar-refractivity contribution is -0.144. The van der Waals surface area contributed by atoms with Gasteiger partial charge in [-0.1, -0.05) is 42.0 Å². The van der Waals surface area contributed by atoms with Crippen LogP contribution in [0.4, 0.5) is 15.3 Å². The van der Waals surface area contributed by atoms with Crippen molar-refractivity contribution in [1.29, 1.82) is 0 Å². The number of Topliss-reactive ketones (excluding diaryl/α,β-unsaturated/α-hetero) is 1. The Hall–Kier alpha value is -5.79. The number of unbranched alkanes of at least 4 members (excludes halogenated alkanes) is 1. The van der Waals surface area contributed by atoms with Gasteiger partial charge in [0, 0.05) is 12.1 Å². The van der Waals surface area contributed by atoms with Crippen LogP contribution in [0.3, 0.4) is 0 Å². The lowest BCUT2D eigenvalue weighted by atomic mass is 10.0. The summed E-state index contributed by atoms with van der Waals surface area (Å²) in [5.41, 5.74) is -0.484. The topological polar surface area (TPSA) is 191 Å². The summed E-state index contributed by atoms with van der Waals surface area (Å²) in [6.45, 7) is 11.9. The highest BCUT2D eigenvalue weighted by molar-refractivity contribution is 6.44. The number of aliphatic imine (C=N–C) groups is 1. The van der Waals surface area contributed by atoms with Crippen molar-refractivity contribution in [2.45, 2.75) is 85.0 Å². The zero-order valence-electron chi connectivity index (χ0n) is 30.8. The first-order chi connectivity index (χ1) is 24.3. The van der Waals surface area contributed by atoms with Crippen LogP contribution < -0.4 is 21.3 Å². The van der Waals surface area contributed by atoms with Crippen LogP contribution in [0.5, 0.6) is 0 Å². The van der Waals surface area contributed by atoms with Crippen molar-refractivity contribution in [3.63, 3.8) is 0 Å². The van der Waals surface area contributed by atoms with Crippen molar-refractivity contribution in [3.8, 4) is 0 Å². The number of guanidine groups is 1.